The number of nitrogens with one attached hydrogen (secondary N) is 1. The summed E-state index contributed by atoms with van der Waals surface area (Å²) in [5, 5.41) is 7.45. The van der Waals surface area contributed by atoms with Crippen molar-refractivity contribution in [2.45, 2.75) is 57.4 Å². The van der Waals surface area contributed by atoms with E-state index in [0.29, 0.717) is 24.7 Å². The van der Waals surface area contributed by atoms with Crippen LogP contribution in [0.2, 0.25) is 0 Å². The minimum atomic E-state index is 0.0445. The average Bonchev–Trinajstić information content (AvgIpc) is 3.16. The molecular formula is C21H28N6O. The standard InChI is InChI=1S/C21H28N6O/c1-26-9-4-5-14(12-26)20-22-11-15-13-27(10-8-17(15)23-20)21(28)19-16-6-2-3-7-18(16)24-25-19/h11,14H,2-10,12-13H2,1H3,(H,24,25)/t14-/m0/s1. The van der Waals surface area contributed by atoms with Crippen LogP contribution >= 0.6 is 0 Å². The number of likely N-dealkylation sites (tertiary alicyclic amines) is 1. The van der Waals surface area contributed by atoms with Crippen molar-refractivity contribution in [1.82, 2.24) is 30.0 Å². The van der Waals surface area contributed by atoms with E-state index in [4.69, 9.17) is 4.98 Å². The van der Waals surface area contributed by atoms with Gasteiger partial charge in [0.05, 0.1) is 5.69 Å². The average molecular weight is 380 g/mol. The van der Waals surface area contributed by atoms with Gasteiger partial charge in [-0.15, -0.1) is 0 Å². The fraction of sp³-hybridized carbons (Fsp3) is 0.619. The molecule has 0 aromatic carbocycles. The first kappa shape index (κ1) is 17.8. The predicted octanol–water partition coefficient (Wildman–Crippen LogP) is 2.09. The number of hydrogen-bond donors (Lipinski definition) is 1. The van der Waals surface area contributed by atoms with Crippen molar-refractivity contribution >= 4 is 5.91 Å². The Labute approximate surface area is 165 Å². The van der Waals surface area contributed by atoms with Crippen LogP contribution in [-0.2, 0) is 25.8 Å². The fourth-order valence-electron chi connectivity index (χ4n) is 4.89. The molecule has 2 aromatic heterocycles. The van der Waals surface area contributed by atoms with E-state index in [1.54, 1.807) is 0 Å². The normalized spacial score (nSPS) is 22.6. The molecule has 1 saturated heterocycles. The Morgan fingerprint density at radius 2 is 2.07 bits per heavy atom. The van der Waals surface area contributed by atoms with Crippen molar-refractivity contribution in [2.24, 2.45) is 0 Å². The number of carbonyl (C=O) groups is 1. The Balaban J connectivity index is 1.33. The number of aromatic amines is 1. The summed E-state index contributed by atoms with van der Waals surface area (Å²) in [6.45, 7) is 3.48. The molecule has 0 spiro atoms. The van der Waals surface area contributed by atoms with Gasteiger partial charge >= 0.3 is 0 Å². The first-order chi connectivity index (χ1) is 13.7. The zero-order chi connectivity index (χ0) is 19.1. The second-order valence-electron chi connectivity index (χ2n) is 8.51. The number of aromatic nitrogens is 4. The summed E-state index contributed by atoms with van der Waals surface area (Å²) in [7, 11) is 2.17. The summed E-state index contributed by atoms with van der Waals surface area (Å²) in [5.41, 5.74) is 5.11. The monoisotopic (exact) mass is 380 g/mol. The quantitative estimate of drug-likeness (QED) is 0.863. The summed E-state index contributed by atoms with van der Waals surface area (Å²) in [5.74, 6) is 1.45. The SMILES string of the molecule is CN1CCC[C@H](c2ncc3c(n2)CCN(C(=O)c2n[nH]c4c2CCCC4)C3)C1. The molecule has 0 unspecified atom stereocenters. The molecule has 0 bridgehead atoms. The largest absolute Gasteiger partial charge is 0.332 e. The number of nitrogens with zero attached hydrogens (tertiary/aromatic N) is 5. The molecule has 1 atom stereocenters. The Kier molecular flexibility index (Phi) is 4.62. The van der Waals surface area contributed by atoms with Gasteiger partial charge in [-0.25, -0.2) is 9.97 Å². The fourth-order valence-corrected chi connectivity index (χ4v) is 4.89. The maximum atomic E-state index is 13.1. The molecule has 1 aliphatic carbocycles. The van der Waals surface area contributed by atoms with Gasteiger partial charge in [-0.05, 0) is 52.1 Å². The topological polar surface area (TPSA) is 78.0 Å². The van der Waals surface area contributed by atoms with Crippen molar-refractivity contribution < 1.29 is 4.79 Å². The van der Waals surface area contributed by atoms with E-state index in [-0.39, 0.29) is 5.91 Å². The van der Waals surface area contributed by atoms with E-state index in [1.165, 1.54) is 12.8 Å². The van der Waals surface area contributed by atoms with Crippen molar-refractivity contribution in [3.63, 3.8) is 0 Å². The number of fused-ring (bicyclic) bond motifs is 2. The third kappa shape index (κ3) is 3.21. The molecule has 0 saturated carbocycles. The van der Waals surface area contributed by atoms with Crippen LogP contribution in [0.4, 0.5) is 0 Å². The molecule has 3 aliphatic rings. The van der Waals surface area contributed by atoms with Crippen molar-refractivity contribution in [3.8, 4) is 0 Å². The zero-order valence-electron chi connectivity index (χ0n) is 16.6. The van der Waals surface area contributed by atoms with E-state index in [9.17, 15) is 4.79 Å². The molecule has 148 valence electrons. The minimum Gasteiger partial charge on any atom is -0.332 e. The summed E-state index contributed by atoms with van der Waals surface area (Å²) in [6, 6.07) is 0. The van der Waals surface area contributed by atoms with Gasteiger partial charge in [-0.2, -0.15) is 5.10 Å². The number of amides is 1. The summed E-state index contributed by atoms with van der Waals surface area (Å²) < 4.78 is 0. The second-order valence-corrected chi connectivity index (χ2v) is 8.51. The Morgan fingerprint density at radius 1 is 1.18 bits per heavy atom. The van der Waals surface area contributed by atoms with E-state index >= 15 is 0 Å². The Morgan fingerprint density at radius 3 is 2.96 bits per heavy atom. The van der Waals surface area contributed by atoms with Crippen LogP contribution in [0.3, 0.4) is 0 Å². The summed E-state index contributed by atoms with van der Waals surface area (Å²) >= 11 is 0. The van der Waals surface area contributed by atoms with Crippen LogP contribution in [-0.4, -0.2) is 62.6 Å². The van der Waals surface area contributed by atoms with Crippen LogP contribution in [0.15, 0.2) is 6.20 Å². The summed E-state index contributed by atoms with van der Waals surface area (Å²) in [6.07, 6.45) is 9.40. The van der Waals surface area contributed by atoms with Gasteiger partial charge in [0, 0.05) is 55.0 Å². The molecule has 28 heavy (non-hydrogen) atoms. The van der Waals surface area contributed by atoms with Crippen LogP contribution in [0.5, 0.6) is 0 Å². The Hall–Kier alpha value is -2.28. The van der Waals surface area contributed by atoms with E-state index in [0.717, 1.165) is 73.5 Å². The lowest BCUT2D eigenvalue weighted by Crippen LogP contribution is -2.37. The number of aryl methyl sites for hydroxylation is 1. The van der Waals surface area contributed by atoms with Crippen molar-refractivity contribution in [2.75, 3.05) is 26.7 Å². The van der Waals surface area contributed by atoms with Gasteiger partial charge in [-0.3, -0.25) is 9.89 Å². The number of hydrogen-bond acceptors (Lipinski definition) is 5. The smallest absolute Gasteiger partial charge is 0.274 e. The molecule has 0 radical (unpaired) electrons. The zero-order valence-corrected chi connectivity index (χ0v) is 16.6. The molecule has 1 amide bonds. The molecule has 1 fully saturated rings. The van der Waals surface area contributed by atoms with Crippen LogP contribution in [0, 0.1) is 0 Å². The minimum absolute atomic E-state index is 0.0445. The molecule has 2 aromatic rings. The van der Waals surface area contributed by atoms with E-state index in [1.807, 2.05) is 11.1 Å². The highest BCUT2D eigenvalue weighted by atomic mass is 16.2. The van der Waals surface area contributed by atoms with Crippen LogP contribution in [0.25, 0.3) is 0 Å². The molecule has 5 rings (SSSR count). The van der Waals surface area contributed by atoms with Crippen molar-refractivity contribution in [3.05, 3.63) is 40.2 Å². The third-order valence-electron chi connectivity index (χ3n) is 6.49. The van der Waals surface area contributed by atoms with Crippen LogP contribution in [0.1, 0.15) is 70.4 Å². The predicted molar refractivity (Wildman–Crippen MR) is 105 cm³/mol. The second kappa shape index (κ2) is 7.28. The molecule has 7 nitrogen and oxygen atoms in total. The number of rotatable bonds is 2. The first-order valence-corrected chi connectivity index (χ1v) is 10.6. The molecule has 1 N–H and O–H groups in total. The van der Waals surface area contributed by atoms with Crippen molar-refractivity contribution in [1.29, 1.82) is 0 Å². The number of likely N-dealkylation sites (N-methyl/N-ethyl adjacent to an activating group) is 1. The maximum absolute atomic E-state index is 13.1. The number of H-pyrrole nitrogens is 1. The lowest BCUT2D eigenvalue weighted by Gasteiger charge is -2.31. The molecule has 2 aliphatic heterocycles. The molecule has 7 heteroatoms. The maximum Gasteiger partial charge on any atom is 0.274 e. The van der Waals surface area contributed by atoms with E-state index in [2.05, 4.69) is 27.1 Å². The third-order valence-corrected chi connectivity index (χ3v) is 6.49. The molecule has 4 heterocycles. The Bertz CT molecular complexity index is 891. The number of piperidine rings is 1. The molecular weight excluding hydrogens is 352 g/mol. The van der Waals surface area contributed by atoms with Gasteiger partial charge < -0.3 is 9.80 Å². The first-order valence-electron chi connectivity index (χ1n) is 10.6. The lowest BCUT2D eigenvalue weighted by molar-refractivity contribution is 0.0725. The van der Waals surface area contributed by atoms with Gasteiger partial charge in [0.15, 0.2) is 5.69 Å². The number of carbonyl (C=O) groups excluding carboxylic acids is 1. The van der Waals surface area contributed by atoms with Gasteiger partial charge in [0.1, 0.15) is 5.82 Å². The van der Waals surface area contributed by atoms with Gasteiger partial charge in [0.2, 0.25) is 0 Å². The van der Waals surface area contributed by atoms with E-state index < -0.39 is 0 Å². The van der Waals surface area contributed by atoms with Gasteiger partial charge in [-0.1, -0.05) is 0 Å². The summed E-state index contributed by atoms with van der Waals surface area (Å²) in [4.78, 5) is 26.9. The van der Waals surface area contributed by atoms with Crippen LogP contribution < -0.4 is 0 Å². The lowest BCUT2D eigenvalue weighted by atomic mass is 9.95. The van der Waals surface area contributed by atoms with Gasteiger partial charge in [0.25, 0.3) is 5.91 Å². The highest BCUT2D eigenvalue weighted by molar-refractivity contribution is 5.94. The highest BCUT2D eigenvalue weighted by Gasteiger charge is 2.29. The highest BCUT2D eigenvalue weighted by Crippen LogP contribution is 2.27.